The lowest BCUT2D eigenvalue weighted by Gasteiger charge is -2.08. The summed E-state index contributed by atoms with van der Waals surface area (Å²) in [5, 5.41) is 1.98. The zero-order valence-electron chi connectivity index (χ0n) is 7.88. The molecule has 0 bridgehead atoms. The first-order valence-corrected chi connectivity index (χ1v) is 4.47. The Morgan fingerprint density at radius 1 is 1.31 bits per heavy atom. The maximum atomic E-state index is 13.1. The van der Waals surface area contributed by atoms with Gasteiger partial charge < -0.3 is 11.1 Å². The fourth-order valence-corrected chi connectivity index (χ4v) is 0.914. The number of amides is 2. The highest BCUT2D eigenvalue weighted by Gasteiger charge is 2.07. The number of nitrogens with two attached hydrogens (primary N) is 1. The molecule has 0 atom stereocenters. The van der Waals surface area contributed by atoms with Crippen LogP contribution >= 0.6 is 12.2 Å². The van der Waals surface area contributed by atoms with Crippen LogP contribution in [0.4, 0.5) is 19.3 Å². The minimum absolute atomic E-state index is 0.144. The maximum Gasteiger partial charge on any atom is 0.337 e. The van der Waals surface area contributed by atoms with Gasteiger partial charge in [-0.05, 0) is 24.4 Å². The normalized spacial score (nSPS) is 9.38. The van der Waals surface area contributed by atoms with Crippen LogP contribution < -0.4 is 21.9 Å². The zero-order chi connectivity index (χ0) is 12.1. The van der Waals surface area contributed by atoms with Gasteiger partial charge in [0.15, 0.2) is 5.11 Å². The molecule has 5 N–H and O–H groups in total. The lowest BCUT2D eigenvalue weighted by atomic mass is 10.3. The average molecular weight is 246 g/mol. The van der Waals surface area contributed by atoms with Gasteiger partial charge in [0.2, 0.25) is 0 Å². The van der Waals surface area contributed by atoms with Crippen molar-refractivity contribution >= 4 is 29.0 Å². The van der Waals surface area contributed by atoms with E-state index in [4.69, 9.17) is 5.73 Å². The van der Waals surface area contributed by atoms with Crippen LogP contribution in [0.25, 0.3) is 0 Å². The van der Waals surface area contributed by atoms with Crippen LogP contribution in [-0.2, 0) is 0 Å². The molecule has 0 spiro atoms. The topological polar surface area (TPSA) is 79.2 Å². The van der Waals surface area contributed by atoms with E-state index in [1.807, 2.05) is 5.43 Å². The Kier molecular flexibility index (Phi) is 3.95. The minimum Gasteiger partial charge on any atom is -0.375 e. The summed E-state index contributed by atoms with van der Waals surface area (Å²) in [7, 11) is 0. The number of benzene rings is 1. The Labute approximate surface area is 95.0 Å². The van der Waals surface area contributed by atoms with Gasteiger partial charge in [0.1, 0.15) is 11.6 Å². The van der Waals surface area contributed by atoms with E-state index in [9.17, 15) is 13.6 Å². The summed E-state index contributed by atoms with van der Waals surface area (Å²) < 4.78 is 25.6. The summed E-state index contributed by atoms with van der Waals surface area (Å²) in [4.78, 5) is 11.1. The summed E-state index contributed by atoms with van der Waals surface area (Å²) in [6.45, 7) is 0. The van der Waals surface area contributed by atoms with Crippen molar-refractivity contribution in [3.63, 3.8) is 0 Å². The van der Waals surface area contributed by atoms with Gasteiger partial charge in [-0.1, -0.05) is 0 Å². The van der Waals surface area contributed by atoms with Crippen molar-refractivity contribution in [2.75, 3.05) is 5.32 Å². The van der Waals surface area contributed by atoms with Crippen LogP contribution in [0.1, 0.15) is 0 Å². The molecule has 1 rings (SSSR count). The van der Waals surface area contributed by atoms with E-state index in [1.165, 1.54) is 0 Å². The minimum atomic E-state index is -0.884. The second-order valence-electron chi connectivity index (χ2n) is 2.69. The van der Waals surface area contributed by atoms with E-state index >= 15 is 0 Å². The summed E-state index contributed by atoms with van der Waals surface area (Å²) in [5.41, 5.74) is 9.07. The molecule has 8 heteroatoms. The van der Waals surface area contributed by atoms with Gasteiger partial charge in [-0.25, -0.2) is 19.0 Å². The van der Waals surface area contributed by atoms with Crippen molar-refractivity contribution in [2.24, 2.45) is 5.73 Å². The summed E-state index contributed by atoms with van der Waals surface area (Å²) >= 11 is 4.42. The largest absolute Gasteiger partial charge is 0.375 e. The number of anilines is 1. The monoisotopic (exact) mass is 246 g/mol. The molecule has 0 aliphatic heterocycles. The third kappa shape index (κ3) is 3.65. The van der Waals surface area contributed by atoms with Gasteiger partial charge in [0.25, 0.3) is 0 Å². The lowest BCUT2D eigenvalue weighted by Crippen LogP contribution is -2.46. The molecule has 86 valence electrons. The first kappa shape index (κ1) is 12.1. The number of thiocarbonyl (C=S) groups is 1. The van der Waals surface area contributed by atoms with Gasteiger partial charge in [-0.2, -0.15) is 0 Å². The first-order chi connectivity index (χ1) is 7.49. The molecule has 0 heterocycles. The molecule has 0 aliphatic rings. The van der Waals surface area contributed by atoms with E-state index < -0.39 is 17.7 Å². The standard InChI is InChI=1S/C8H8F2N4OS/c9-4-1-2-6(5(10)3-4)12-8(15)14-13-7(11)16/h1-3H,(H3,11,13,16)(H2,12,14,15). The Hall–Kier alpha value is -1.96. The molecule has 0 radical (unpaired) electrons. The molecule has 0 unspecified atom stereocenters. The van der Waals surface area contributed by atoms with Crippen LogP contribution in [0.2, 0.25) is 0 Å². The van der Waals surface area contributed by atoms with Gasteiger partial charge in [0.05, 0.1) is 5.69 Å². The van der Waals surface area contributed by atoms with Crippen LogP contribution in [-0.4, -0.2) is 11.1 Å². The van der Waals surface area contributed by atoms with E-state index in [0.717, 1.165) is 12.1 Å². The predicted molar refractivity (Wildman–Crippen MR) is 58.4 cm³/mol. The number of carbonyl (C=O) groups is 1. The van der Waals surface area contributed by atoms with E-state index in [2.05, 4.69) is 23.0 Å². The molecule has 0 aliphatic carbocycles. The molecule has 1 aromatic rings. The molecular formula is C8H8F2N4OS. The second kappa shape index (κ2) is 5.21. The quantitative estimate of drug-likeness (QED) is 0.437. The third-order valence-electron chi connectivity index (χ3n) is 1.48. The fourth-order valence-electron chi connectivity index (χ4n) is 0.863. The molecule has 2 amide bonds. The van der Waals surface area contributed by atoms with Gasteiger partial charge >= 0.3 is 6.03 Å². The number of rotatable bonds is 1. The predicted octanol–water partition coefficient (Wildman–Crippen LogP) is 0.835. The highest BCUT2D eigenvalue weighted by atomic mass is 32.1. The fraction of sp³-hybridized carbons (Fsp3) is 0. The molecular weight excluding hydrogens is 238 g/mol. The third-order valence-corrected chi connectivity index (χ3v) is 1.58. The van der Waals surface area contributed by atoms with Crippen molar-refractivity contribution in [1.29, 1.82) is 0 Å². The van der Waals surface area contributed by atoms with Crippen molar-refractivity contribution in [2.45, 2.75) is 0 Å². The van der Waals surface area contributed by atoms with Crippen molar-refractivity contribution in [3.8, 4) is 0 Å². The van der Waals surface area contributed by atoms with E-state index in [0.29, 0.717) is 6.07 Å². The Morgan fingerprint density at radius 3 is 2.56 bits per heavy atom. The Balaban J connectivity index is 2.59. The SMILES string of the molecule is NC(=S)NNC(=O)Nc1ccc(F)cc1F. The molecule has 16 heavy (non-hydrogen) atoms. The van der Waals surface area contributed by atoms with Gasteiger partial charge in [-0.3, -0.25) is 5.43 Å². The smallest absolute Gasteiger partial charge is 0.337 e. The average Bonchev–Trinajstić information content (AvgIpc) is 2.19. The lowest BCUT2D eigenvalue weighted by molar-refractivity contribution is 0.250. The number of hydrogen-bond acceptors (Lipinski definition) is 2. The molecule has 0 saturated heterocycles. The molecule has 0 aromatic heterocycles. The van der Waals surface area contributed by atoms with Crippen molar-refractivity contribution < 1.29 is 13.6 Å². The molecule has 0 saturated carbocycles. The highest BCUT2D eigenvalue weighted by Crippen LogP contribution is 2.14. The molecule has 1 aromatic carbocycles. The Bertz CT molecular complexity index is 426. The van der Waals surface area contributed by atoms with E-state index in [1.54, 1.807) is 0 Å². The van der Waals surface area contributed by atoms with Crippen LogP contribution in [0.5, 0.6) is 0 Å². The van der Waals surface area contributed by atoms with Crippen molar-refractivity contribution in [1.82, 2.24) is 10.9 Å². The van der Waals surface area contributed by atoms with Crippen LogP contribution in [0, 0.1) is 11.6 Å². The zero-order valence-corrected chi connectivity index (χ0v) is 8.70. The summed E-state index contributed by atoms with van der Waals surface area (Å²) in [6.07, 6.45) is 0. The summed E-state index contributed by atoms with van der Waals surface area (Å²) in [5.74, 6) is -1.62. The van der Waals surface area contributed by atoms with Crippen molar-refractivity contribution in [3.05, 3.63) is 29.8 Å². The van der Waals surface area contributed by atoms with E-state index in [-0.39, 0.29) is 10.8 Å². The molecule has 5 nitrogen and oxygen atoms in total. The molecule has 0 fully saturated rings. The first-order valence-electron chi connectivity index (χ1n) is 4.06. The van der Waals surface area contributed by atoms with Crippen LogP contribution in [0.3, 0.4) is 0 Å². The highest BCUT2D eigenvalue weighted by molar-refractivity contribution is 7.80. The number of halogens is 2. The maximum absolute atomic E-state index is 13.1. The number of hydrazine groups is 1. The van der Waals surface area contributed by atoms with Gasteiger partial charge in [0, 0.05) is 6.07 Å². The van der Waals surface area contributed by atoms with Gasteiger partial charge in [-0.15, -0.1) is 0 Å². The second-order valence-corrected chi connectivity index (χ2v) is 3.13. The number of carbonyl (C=O) groups excluding carboxylic acids is 1. The van der Waals surface area contributed by atoms with Crippen LogP contribution in [0.15, 0.2) is 18.2 Å². The Morgan fingerprint density at radius 2 is 2.00 bits per heavy atom. The number of nitrogens with one attached hydrogen (secondary N) is 3. The summed E-state index contributed by atoms with van der Waals surface area (Å²) in [6, 6.07) is 1.97. The number of urea groups is 1. The number of hydrogen-bond donors (Lipinski definition) is 4.